The van der Waals surface area contributed by atoms with Crippen molar-refractivity contribution in [2.24, 2.45) is 0 Å². The molecule has 0 aliphatic carbocycles. The number of carbonyl (C=O) groups excluding carboxylic acids is 2. The zero-order valence-electron chi connectivity index (χ0n) is 19.3. The number of carbonyl (C=O) groups is 2. The number of amides is 1. The van der Waals surface area contributed by atoms with Gasteiger partial charge in [-0.15, -0.1) is 0 Å². The minimum atomic E-state index is -0.247. The first-order chi connectivity index (χ1) is 15.3. The maximum absolute atomic E-state index is 13.1. The van der Waals surface area contributed by atoms with Gasteiger partial charge in [0, 0.05) is 43.6 Å². The minimum absolute atomic E-state index is 0.233. The molecule has 0 atom stereocenters. The average Bonchev–Trinajstić information content (AvgIpc) is 2.79. The lowest BCUT2D eigenvalue weighted by Crippen LogP contribution is -2.33. The average molecular weight is 438 g/mol. The van der Waals surface area contributed by atoms with E-state index in [4.69, 9.17) is 0 Å². The summed E-state index contributed by atoms with van der Waals surface area (Å²) in [5.74, 6) is -0.247. The molecule has 1 amide bonds. The van der Waals surface area contributed by atoms with Crippen LogP contribution >= 0.6 is 0 Å². The van der Waals surface area contributed by atoms with Crippen LogP contribution in [0.3, 0.4) is 0 Å². The van der Waals surface area contributed by atoms with Crippen molar-refractivity contribution in [1.29, 1.82) is 0 Å². The molecule has 0 bridgehead atoms. The largest absolute Gasteiger partial charge is 0.363 e. The first-order valence-corrected chi connectivity index (χ1v) is 10.6. The van der Waals surface area contributed by atoms with E-state index in [9.17, 15) is 14.0 Å². The minimum Gasteiger partial charge on any atom is -0.363 e. The lowest BCUT2D eigenvalue weighted by molar-refractivity contribution is -0.114. The van der Waals surface area contributed by atoms with Crippen LogP contribution in [0.2, 0.25) is 0 Å². The van der Waals surface area contributed by atoms with Crippen molar-refractivity contribution < 1.29 is 14.0 Å². The van der Waals surface area contributed by atoms with Gasteiger partial charge in [0.05, 0.1) is 6.54 Å². The van der Waals surface area contributed by atoms with Crippen LogP contribution in [-0.4, -0.2) is 61.1 Å². The lowest BCUT2D eigenvalue weighted by Gasteiger charge is -2.28. The fraction of sp³-hybridized carbons (Fsp3) is 0.308. The highest BCUT2D eigenvalue weighted by Gasteiger charge is 2.15. The Bertz CT molecular complexity index is 970. The molecule has 0 saturated heterocycles. The molecule has 6 heteroatoms. The normalized spacial score (nSPS) is 11.4. The fourth-order valence-corrected chi connectivity index (χ4v) is 3.56. The van der Waals surface area contributed by atoms with E-state index >= 15 is 0 Å². The van der Waals surface area contributed by atoms with Gasteiger partial charge in [0.15, 0.2) is 0 Å². The highest BCUT2D eigenvalue weighted by atomic mass is 19.1. The smallest absolute Gasteiger partial charge is 0.213 e. The summed E-state index contributed by atoms with van der Waals surface area (Å²) in [4.78, 5) is 28.2. The quantitative estimate of drug-likeness (QED) is 0.467. The highest BCUT2D eigenvalue weighted by molar-refractivity contribution is 5.78. The predicted octanol–water partition coefficient (Wildman–Crippen LogP) is 4.19. The maximum Gasteiger partial charge on any atom is 0.213 e. The summed E-state index contributed by atoms with van der Waals surface area (Å²) >= 11 is 0. The van der Waals surface area contributed by atoms with E-state index < -0.39 is 0 Å². The molecule has 2 aromatic carbocycles. The Labute approximate surface area is 190 Å². The molecule has 0 N–H and O–H groups in total. The van der Waals surface area contributed by atoms with Crippen LogP contribution in [0, 0.1) is 12.7 Å². The monoisotopic (exact) mass is 437 g/mol. The van der Waals surface area contributed by atoms with Crippen molar-refractivity contribution >= 4 is 24.1 Å². The van der Waals surface area contributed by atoms with Crippen molar-refractivity contribution in [2.45, 2.75) is 20.4 Å². The number of likely N-dealkylation sites (N-methyl/N-ethyl adjacent to an activating group) is 1. The molecule has 0 aliphatic heterocycles. The second kappa shape index (κ2) is 12.0. The molecule has 0 radical (unpaired) electrons. The molecule has 0 saturated carbocycles. The van der Waals surface area contributed by atoms with Crippen LogP contribution in [-0.2, 0) is 16.1 Å². The van der Waals surface area contributed by atoms with E-state index in [0.29, 0.717) is 19.6 Å². The van der Waals surface area contributed by atoms with Crippen LogP contribution < -0.4 is 0 Å². The summed E-state index contributed by atoms with van der Waals surface area (Å²) in [5, 5.41) is 0. The standard InChI is InChI=1S/C26H32FN3O2/c1-6-26(29(5)19-32)25-17-23(10-7-20(25)2)21(3)30(15-16-31)14-13-28(4)18-22-8-11-24(27)12-9-22/h6-12,16-17,19H,3,13-15,18H2,1-2,4-5H3/b26-6+. The second-order valence-electron chi connectivity index (χ2n) is 7.84. The Hall–Kier alpha value is -3.25. The molecule has 32 heavy (non-hydrogen) atoms. The molecule has 0 heterocycles. The number of aldehydes is 1. The molecule has 0 unspecified atom stereocenters. The fourth-order valence-electron chi connectivity index (χ4n) is 3.56. The Balaban J connectivity index is 2.15. The van der Waals surface area contributed by atoms with Gasteiger partial charge in [-0.05, 0) is 55.8 Å². The molecule has 0 spiro atoms. The van der Waals surface area contributed by atoms with Crippen LogP contribution in [0.25, 0.3) is 11.4 Å². The van der Waals surface area contributed by atoms with Crippen molar-refractivity contribution in [3.8, 4) is 0 Å². The number of halogens is 1. The number of aryl methyl sites for hydroxylation is 1. The van der Waals surface area contributed by atoms with Crippen LogP contribution in [0.15, 0.2) is 55.1 Å². The van der Waals surface area contributed by atoms with E-state index in [0.717, 1.165) is 46.3 Å². The van der Waals surface area contributed by atoms with Gasteiger partial charge in [0.1, 0.15) is 12.1 Å². The third kappa shape index (κ3) is 6.62. The Morgan fingerprint density at radius 2 is 1.75 bits per heavy atom. The summed E-state index contributed by atoms with van der Waals surface area (Å²) in [5.41, 5.74) is 5.47. The third-order valence-electron chi connectivity index (χ3n) is 5.45. The van der Waals surface area contributed by atoms with Gasteiger partial charge < -0.3 is 19.5 Å². The maximum atomic E-state index is 13.1. The summed E-state index contributed by atoms with van der Waals surface area (Å²) in [6.45, 7) is 10.4. The van der Waals surface area contributed by atoms with E-state index in [1.54, 1.807) is 24.1 Å². The lowest BCUT2D eigenvalue weighted by atomic mass is 9.99. The summed E-state index contributed by atoms with van der Waals surface area (Å²) in [6.07, 6.45) is 3.56. The summed E-state index contributed by atoms with van der Waals surface area (Å²) in [6, 6.07) is 12.5. The summed E-state index contributed by atoms with van der Waals surface area (Å²) in [7, 11) is 3.71. The SMILES string of the molecule is C=C(c1ccc(C)c(/C(=C\C)N(C)C=O)c1)N(CC=O)CCN(C)Cc1ccc(F)cc1. The van der Waals surface area contributed by atoms with E-state index in [1.165, 1.54) is 12.1 Å². The number of hydrogen-bond acceptors (Lipinski definition) is 4. The number of rotatable bonds is 12. The highest BCUT2D eigenvalue weighted by Crippen LogP contribution is 2.26. The number of nitrogens with zero attached hydrogens (tertiary/aromatic N) is 3. The van der Waals surface area contributed by atoms with Gasteiger partial charge in [-0.1, -0.05) is 36.9 Å². The van der Waals surface area contributed by atoms with E-state index in [1.807, 2.05) is 50.1 Å². The first kappa shape index (κ1) is 25.0. The number of hydrogen-bond donors (Lipinski definition) is 0. The van der Waals surface area contributed by atoms with Crippen molar-refractivity contribution in [2.75, 3.05) is 33.7 Å². The van der Waals surface area contributed by atoms with Gasteiger partial charge in [-0.25, -0.2) is 4.39 Å². The molecule has 0 aliphatic rings. The molecule has 2 aromatic rings. The Morgan fingerprint density at radius 3 is 2.34 bits per heavy atom. The molecular formula is C26H32FN3O2. The van der Waals surface area contributed by atoms with Gasteiger partial charge in [-0.3, -0.25) is 4.79 Å². The Morgan fingerprint density at radius 1 is 1.06 bits per heavy atom. The molecule has 5 nitrogen and oxygen atoms in total. The van der Waals surface area contributed by atoms with Gasteiger partial charge in [0.2, 0.25) is 6.41 Å². The van der Waals surface area contributed by atoms with Crippen molar-refractivity contribution in [1.82, 2.24) is 14.7 Å². The summed E-state index contributed by atoms with van der Waals surface area (Å²) < 4.78 is 13.1. The third-order valence-corrected chi connectivity index (χ3v) is 5.45. The van der Waals surface area contributed by atoms with Crippen LogP contribution in [0.5, 0.6) is 0 Å². The molecule has 0 aromatic heterocycles. The first-order valence-electron chi connectivity index (χ1n) is 10.6. The number of benzene rings is 2. The molecule has 170 valence electrons. The molecular weight excluding hydrogens is 405 g/mol. The zero-order valence-corrected chi connectivity index (χ0v) is 19.3. The molecule has 0 fully saturated rings. The van der Waals surface area contributed by atoms with Crippen molar-refractivity contribution in [3.63, 3.8) is 0 Å². The van der Waals surface area contributed by atoms with Gasteiger partial charge in [0.25, 0.3) is 0 Å². The number of allylic oxidation sites excluding steroid dienone is 1. The Kier molecular flexibility index (Phi) is 9.35. The zero-order chi connectivity index (χ0) is 23.7. The predicted molar refractivity (Wildman–Crippen MR) is 128 cm³/mol. The van der Waals surface area contributed by atoms with Crippen molar-refractivity contribution in [3.05, 3.63) is 83.2 Å². The van der Waals surface area contributed by atoms with E-state index in [2.05, 4.69) is 11.5 Å². The van der Waals surface area contributed by atoms with Gasteiger partial charge in [-0.2, -0.15) is 0 Å². The van der Waals surface area contributed by atoms with Gasteiger partial charge >= 0.3 is 0 Å². The topological polar surface area (TPSA) is 43.9 Å². The second-order valence-corrected chi connectivity index (χ2v) is 7.84. The van der Waals surface area contributed by atoms with Crippen LogP contribution in [0.1, 0.15) is 29.2 Å². The van der Waals surface area contributed by atoms with Crippen LogP contribution in [0.4, 0.5) is 4.39 Å². The van der Waals surface area contributed by atoms with E-state index in [-0.39, 0.29) is 12.4 Å². The molecule has 2 rings (SSSR count).